The van der Waals surface area contributed by atoms with Gasteiger partial charge in [0.2, 0.25) is 0 Å². The average molecular weight is 341 g/mol. The maximum atomic E-state index is 6.34. The number of hydrogen-bond acceptors (Lipinski definition) is 2. The van der Waals surface area contributed by atoms with Crippen molar-refractivity contribution in [2.24, 2.45) is 0 Å². The van der Waals surface area contributed by atoms with Crippen LogP contribution in [0.5, 0.6) is 5.75 Å². The van der Waals surface area contributed by atoms with Crippen LogP contribution in [0.4, 0.5) is 0 Å². The summed E-state index contributed by atoms with van der Waals surface area (Å²) in [4.78, 5) is 8.02. The summed E-state index contributed by atoms with van der Waals surface area (Å²) < 4.78 is 6.27. The number of rotatable bonds is 2. The summed E-state index contributed by atoms with van der Waals surface area (Å²) in [5, 5.41) is 0.724. The van der Waals surface area contributed by atoms with Crippen LogP contribution in [-0.2, 0) is 6.42 Å². The standard InChI is InChI=1S/C20H21ClN2O/c1-20(2)9-8-14-10-15(21)11-16(18(14)24-20)19-22-12-17(23-19)13-6-4-3-5-7-13/h4,6-7,10-12H,3,5,8-9H2,1-2H3,(H,22,23). The van der Waals surface area contributed by atoms with Crippen molar-refractivity contribution in [3.63, 3.8) is 0 Å². The van der Waals surface area contributed by atoms with Crippen molar-refractivity contribution in [2.75, 3.05) is 0 Å². The molecule has 0 radical (unpaired) electrons. The van der Waals surface area contributed by atoms with Crippen LogP contribution in [0.25, 0.3) is 17.0 Å². The Morgan fingerprint density at radius 1 is 1.25 bits per heavy atom. The highest BCUT2D eigenvalue weighted by Crippen LogP contribution is 2.42. The van der Waals surface area contributed by atoms with E-state index < -0.39 is 0 Å². The Hall–Kier alpha value is -2.00. The SMILES string of the molecule is CC1(C)CCc2cc(Cl)cc(-c3ncc(C4=CCCC=C4)[nH]3)c2O1. The molecular formula is C20H21ClN2O. The van der Waals surface area contributed by atoms with Gasteiger partial charge in [-0.15, -0.1) is 0 Å². The summed E-state index contributed by atoms with van der Waals surface area (Å²) in [6.07, 6.45) is 12.6. The molecule has 0 unspecified atom stereocenters. The number of benzene rings is 1. The second kappa shape index (κ2) is 5.82. The number of halogens is 1. The lowest BCUT2D eigenvalue weighted by Crippen LogP contribution is -2.32. The zero-order valence-corrected chi connectivity index (χ0v) is 14.8. The summed E-state index contributed by atoms with van der Waals surface area (Å²) >= 11 is 6.34. The molecule has 1 aliphatic heterocycles. The predicted molar refractivity (Wildman–Crippen MR) is 98.4 cm³/mol. The molecule has 2 aromatic rings. The van der Waals surface area contributed by atoms with E-state index in [0.29, 0.717) is 0 Å². The van der Waals surface area contributed by atoms with Gasteiger partial charge in [0, 0.05) is 5.02 Å². The molecule has 0 spiro atoms. The van der Waals surface area contributed by atoms with Crippen molar-refractivity contribution in [1.29, 1.82) is 0 Å². The van der Waals surface area contributed by atoms with Crippen molar-refractivity contribution < 1.29 is 4.74 Å². The van der Waals surface area contributed by atoms with Gasteiger partial charge in [-0.05, 0) is 62.8 Å². The summed E-state index contributed by atoms with van der Waals surface area (Å²) in [5.41, 5.74) is 4.16. The van der Waals surface area contributed by atoms with Crippen molar-refractivity contribution in [3.8, 4) is 17.1 Å². The third-order valence-corrected chi connectivity index (χ3v) is 4.86. The van der Waals surface area contributed by atoms with E-state index in [4.69, 9.17) is 16.3 Å². The molecule has 0 bridgehead atoms. The average Bonchev–Trinajstić information content (AvgIpc) is 3.05. The monoisotopic (exact) mass is 340 g/mol. The molecule has 4 heteroatoms. The minimum atomic E-state index is -0.167. The van der Waals surface area contributed by atoms with E-state index in [2.05, 4.69) is 42.0 Å². The molecule has 1 N–H and O–H groups in total. The summed E-state index contributed by atoms with van der Waals surface area (Å²) in [6, 6.07) is 3.95. The first-order valence-electron chi connectivity index (χ1n) is 8.46. The Kier molecular flexibility index (Phi) is 3.76. The lowest BCUT2D eigenvalue weighted by molar-refractivity contribution is 0.0854. The molecule has 3 nitrogen and oxygen atoms in total. The van der Waals surface area contributed by atoms with E-state index in [-0.39, 0.29) is 5.60 Å². The summed E-state index contributed by atoms with van der Waals surface area (Å²) in [5.74, 6) is 1.71. The fourth-order valence-corrected chi connectivity index (χ4v) is 3.55. The van der Waals surface area contributed by atoms with E-state index in [9.17, 15) is 0 Å². The van der Waals surface area contributed by atoms with Gasteiger partial charge in [0.15, 0.2) is 0 Å². The van der Waals surface area contributed by atoms with E-state index in [1.807, 2.05) is 18.3 Å². The molecule has 1 aromatic carbocycles. The number of nitrogens with one attached hydrogen (secondary N) is 1. The number of aromatic nitrogens is 2. The van der Waals surface area contributed by atoms with Gasteiger partial charge < -0.3 is 9.72 Å². The van der Waals surface area contributed by atoms with Gasteiger partial charge in [0.25, 0.3) is 0 Å². The molecule has 0 atom stereocenters. The quantitative estimate of drug-likeness (QED) is 0.776. The van der Waals surface area contributed by atoms with Crippen molar-refractivity contribution in [3.05, 3.63) is 52.8 Å². The van der Waals surface area contributed by atoms with Crippen molar-refractivity contribution in [2.45, 2.75) is 45.1 Å². The number of nitrogens with zero attached hydrogens (tertiary/aromatic N) is 1. The number of aromatic amines is 1. The first-order chi connectivity index (χ1) is 11.5. The molecule has 24 heavy (non-hydrogen) atoms. The van der Waals surface area contributed by atoms with Gasteiger partial charge in [0.1, 0.15) is 17.2 Å². The number of hydrogen-bond donors (Lipinski definition) is 1. The number of ether oxygens (including phenoxy) is 1. The van der Waals surface area contributed by atoms with Crippen LogP contribution in [-0.4, -0.2) is 15.6 Å². The number of fused-ring (bicyclic) bond motifs is 1. The fourth-order valence-electron chi connectivity index (χ4n) is 3.31. The molecule has 0 fully saturated rings. The summed E-state index contributed by atoms with van der Waals surface area (Å²) in [6.45, 7) is 4.25. The highest BCUT2D eigenvalue weighted by atomic mass is 35.5. The largest absolute Gasteiger partial charge is 0.487 e. The van der Waals surface area contributed by atoms with Crippen LogP contribution in [0, 0.1) is 0 Å². The van der Waals surface area contributed by atoms with Crippen LogP contribution in [0.15, 0.2) is 36.6 Å². The Bertz CT molecular complexity index is 845. The van der Waals surface area contributed by atoms with Crippen molar-refractivity contribution in [1.82, 2.24) is 9.97 Å². The Labute approximate surface area is 147 Å². The molecule has 4 rings (SSSR count). The van der Waals surface area contributed by atoms with Gasteiger partial charge in [-0.2, -0.15) is 0 Å². The Balaban J connectivity index is 1.77. The lowest BCUT2D eigenvalue weighted by atomic mass is 9.92. The minimum Gasteiger partial charge on any atom is -0.487 e. The topological polar surface area (TPSA) is 37.9 Å². The third-order valence-electron chi connectivity index (χ3n) is 4.64. The lowest BCUT2D eigenvalue weighted by Gasteiger charge is -2.33. The second-order valence-corrected chi connectivity index (χ2v) is 7.52. The molecule has 0 saturated heterocycles. The first-order valence-corrected chi connectivity index (χ1v) is 8.83. The molecule has 124 valence electrons. The van der Waals surface area contributed by atoms with Gasteiger partial charge in [-0.25, -0.2) is 4.98 Å². The van der Waals surface area contributed by atoms with Crippen molar-refractivity contribution >= 4 is 17.2 Å². The number of aryl methyl sites for hydroxylation is 1. The van der Waals surface area contributed by atoms with Crippen LogP contribution in [0.2, 0.25) is 5.02 Å². The van der Waals surface area contributed by atoms with E-state index in [0.717, 1.165) is 59.1 Å². The number of allylic oxidation sites excluding steroid dienone is 4. The van der Waals surface area contributed by atoms with Crippen LogP contribution in [0.1, 0.15) is 44.4 Å². The predicted octanol–water partition coefficient (Wildman–Crippen LogP) is 5.57. The zero-order valence-electron chi connectivity index (χ0n) is 14.0. The highest BCUT2D eigenvalue weighted by molar-refractivity contribution is 6.31. The molecule has 2 aliphatic rings. The highest BCUT2D eigenvalue weighted by Gasteiger charge is 2.29. The first kappa shape index (κ1) is 15.5. The summed E-state index contributed by atoms with van der Waals surface area (Å²) in [7, 11) is 0. The number of imidazole rings is 1. The van der Waals surface area contributed by atoms with Gasteiger partial charge in [0.05, 0.1) is 17.5 Å². The van der Waals surface area contributed by atoms with Gasteiger partial charge in [-0.1, -0.05) is 29.8 Å². The second-order valence-electron chi connectivity index (χ2n) is 7.09. The minimum absolute atomic E-state index is 0.167. The third kappa shape index (κ3) is 2.89. The Morgan fingerprint density at radius 2 is 2.12 bits per heavy atom. The molecule has 2 heterocycles. The van der Waals surface area contributed by atoms with E-state index in [1.165, 1.54) is 5.57 Å². The van der Waals surface area contributed by atoms with Gasteiger partial charge in [-0.3, -0.25) is 0 Å². The molecular weight excluding hydrogens is 320 g/mol. The van der Waals surface area contributed by atoms with Crippen LogP contribution in [0.3, 0.4) is 0 Å². The van der Waals surface area contributed by atoms with E-state index in [1.54, 1.807) is 0 Å². The maximum absolute atomic E-state index is 6.34. The van der Waals surface area contributed by atoms with Crippen LogP contribution < -0.4 is 4.74 Å². The van der Waals surface area contributed by atoms with Gasteiger partial charge >= 0.3 is 0 Å². The maximum Gasteiger partial charge on any atom is 0.141 e. The fraction of sp³-hybridized carbons (Fsp3) is 0.350. The van der Waals surface area contributed by atoms with Crippen LogP contribution >= 0.6 is 11.6 Å². The zero-order chi connectivity index (χ0) is 16.7. The van der Waals surface area contributed by atoms with E-state index >= 15 is 0 Å². The Morgan fingerprint density at radius 3 is 2.92 bits per heavy atom. The smallest absolute Gasteiger partial charge is 0.141 e. The molecule has 0 amide bonds. The normalized spacial score (nSPS) is 18.7. The number of H-pyrrole nitrogens is 1. The molecule has 1 aromatic heterocycles. The molecule has 1 aliphatic carbocycles. The molecule has 0 saturated carbocycles.